The number of aromatic amines is 1. The Bertz CT molecular complexity index is 504. The zero-order valence-electron chi connectivity index (χ0n) is 8.52. The summed E-state index contributed by atoms with van der Waals surface area (Å²) in [5.41, 5.74) is 6.23. The minimum Gasteiger partial charge on any atom is -0.366 e. The summed E-state index contributed by atoms with van der Waals surface area (Å²) in [6, 6.07) is 0. The average Bonchev–Trinajstić information content (AvgIpc) is 2.84. The van der Waals surface area contributed by atoms with E-state index in [9.17, 15) is 4.79 Å². The maximum Gasteiger partial charge on any atom is 0.289 e. The Kier molecular flexibility index (Phi) is 2.82. The quantitative estimate of drug-likeness (QED) is 0.701. The average molecular weight is 238 g/mol. The van der Waals surface area contributed by atoms with Gasteiger partial charge in [0.1, 0.15) is 5.01 Å². The minimum atomic E-state index is -0.350. The van der Waals surface area contributed by atoms with Gasteiger partial charge in [0.25, 0.3) is 5.91 Å². The van der Waals surface area contributed by atoms with Crippen molar-refractivity contribution < 1.29 is 4.79 Å². The number of carbonyl (C=O) groups excluding carboxylic acids is 1. The van der Waals surface area contributed by atoms with Crippen molar-refractivity contribution in [2.45, 2.75) is 13.5 Å². The Morgan fingerprint density at radius 1 is 1.62 bits per heavy atom. The third-order valence-corrected chi connectivity index (χ3v) is 2.75. The van der Waals surface area contributed by atoms with E-state index in [1.54, 1.807) is 0 Å². The molecule has 8 heteroatoms. The molecule has 16 heavy (non-hydrogen) atoms. The maximum absolute atomic E-state index is 11.5. The standard InChI is InChI=1S/C8H10N6OS/c1-4-3-16-5(11-4)2-10-7(15)6-12-8(9)14-13-6/h3H,2H2,1H3,(H,10,15)(H3,9,12,13,14). The van der Waals surface area contributed by atoms with Crippen molar-refractivity contribution in [3.05, 3.63) is 21.9 Å². The van der Waals surface area contributed by atoms with Gasteiger partial charge < -0.3 is 11.1 Å². The third-order valence-electron chi connectivity index (χ3n) is 1.78. The molecule has 0 radical (unpaired) electrons. The maximum atomic E-state index is 11.5. The number of amides is 1. The summed E-state index contributed by atoms with van der Waals surface area (Å²) in [7, 11) is 0. The van der Waals surface area contributed by atoms with Crippen LogP contribution in [0.4, 0.5) is 5.95 Å². The molecule has 0 saturated carbocycles. The van der Waals surface area contributed by atoms with Crippen LogP contribution in [-0.2, 0) is 6.54 Å². The fourth-order valence-corrected chi connectivity index (χ4v) is 1.81. The van der Waals surface area contributed by atoms with Crippen LogP contribution in [0.5, 0.6) is 0 Å². The number of carbonyl (C=O) groups is 1. The molecule has 1 amide bonds. The van der Waals surface area contributed by atoms with Crippen LogP contribution in [0.1, 0.15) is 21.3 Å². The molecule has 0 unspecified atom stereocenters. The molecule has 0 aliphatic carbocycles. The van der Waals surface area contributed by atoms with Gasteiger partial charge in [-0.1, -0.05) is 0 Å². The number of nitrogens with one attached hydrogen (secondary N) is 2. The van der Waals surface area contributed by atoms with Crippen LogP contribution in [0, 0.1) is 6.92 Å². The number of hydrogen-bond acceptors (Lipinski definition) is 6. The van der Waals surface area contributed by atoms with E-state index >= 15 is 0 Å². The molecule has 4 N–H and O–H groups in total. The van der Waals surface area contributed by atoms with Crippen LogP contribution in [0.2, 0.25) is 0 Å². The Labute approximate surface area is 95.1 Å². The second-order valence-electron chi connectivity index (χ2n) is 3.11. The van der Waals surface area contributed by atoms with Crippen molar-refractivity contribution in [3.8, 4) is 0 Å². The van der Waals surface area contributed by atoms with E-state index in [0.717, 1.165) is 10.7 Å². The number of nitrogens with zero attached hydrogens (tertiary/aromatic N) is 3. The monoisotopic (exact) mass is 238 g/mol. The molecule has 2 rings (SSSR count). The number of aryl methyl sites for hydroxylation is 1. The zero-order chi connectivity index (χ0) is 11.5. The second kappa shape index (κ2) is 4.27. The number of aromatic nitrogens is 4. The lowest BCUT2D eigenvalue weighted by molar-refractivity contribution is 0.0941. The fourth-order valence-electron chi connectivity index (χ4n) is 1.10. The van der Waals surface area contributed by atoms with Gasteiger partial charge in [-0.3, -0.25) is 9.89 Å². The van der Waals surface area contributed by atoms with Crippen LogP contribution in [0.3, 0.4) is 0 Å². The molecule has 2 aromatic heterocycles. The molecule has 0 aromatic carbocycles. The summed E-state index contributed by atoms with van der Waals surface area (Å²) in [5.74, 6) is -0.196. The molecule has 0 spiro atoms. The van der Waals surface area contributed by atoms with Gasteiger partial charge >= 0.3 is 0 Å². The smallest absolute Gasteiger partial charge is 0.289 e. The molecule has 0 aliphatic heterocycles. The van der Waals surface area contributed by atoms with E-state index in [0.29, 0.717) is 6.54 Å². The Morgan fingerprint density at radius 3 is 3.00 bits per heavy atom. The van der Waals surface area contributed by atoms with Crippen molar-refractivity contribution in [2.75, 3.05) is 5.73 Å². The summed E-state index contributed by atoms with van der Waals surface area (Å²) in [5, 5.41) is 11.4. The molecule has 84 valence electrons. The molecule has 0 bridgehead atoms. The number of anilines is 1. The molecule has 0 saturated heterocycles. The van der Waals surface area contributed by atoms with E-state index in [1.807, 2.05) is 12.3 Å². The molecule has 2 aromatic rings. The van der Waals surface area contributed by atoms with E-state index < -0.39 is 0 Å². The highest BCUT2D eigenvalue weighted by Gasteiger charge is 2.10. The Morgan fingerprint density at radius 2 is 2.44 bits per heavy atom. The van der Waals surface area contributed by atoms with E-state index in [1.165, 1.54) is 11.3 Å². The van der Waals surface area contributed by atoms with Gasteiger partial charge in [-0.25, -0.2) is 4.98 Å². The molecule has 2 heterocycles. The van der Waals surface area contributed by atoms with Crippen LogP contribution in [0.25, 0.3) is 0 Å². The summed E-state index contributed by atoms with van der Waals surface area (Å²) >= 11 is 1.50. The lowest BCUT2D eigenvalue weighted by atomic mass is 10.5. The van der Waals surface area contributed by atoms with Gasteiger partial charge in [0.05, 0.1) is 6.54 Å². The molecular weight excluding hydrogens is 228 g/mol. The van der Waals surface area contributed by atoms with E-state index in [-0.39, 0.29) is 17.7 Å². The number of H-pyrrole nitrogens is 1. The number of hydrogen-bond donors (Lipinski definition) is 3. The second-order valence-corrected chi connectivity index (χ2v) is 4.05. The van der Waals surface area contributed by atoms with Gasteiger partial charge in [0, 0.05) is 11.1 Å². The summed E-state index contributed by atoms with van der Waals surface area (Å²) in [6.07, 6.45) is 0. The summed E-state index contributed by atoms with van der Waals surface area (Å²) < 4.78 is 0. The molecule has 0 aliphatic rings. The lowest BCUT2D eigenvalue weighted by Gasteiger charge is -1.98. The molecule has 7 nitrogen and oxygen atoms in total. The van der Waals surface area contributed by atoms with Crippen LogP contribution < -0.4 is 11.1 Å². The van der Waals surface area contributed by atoms with Gasteiger partial charge in [0.2, 0.25) is 11.8 Å². The van der Waals surface area contributed by atoms with Crippen molar-refractivity contribution in [1.82, 2.24) is 25.5 Å². The summed E-state index contributed by atoms with van der Waals surface area (Å²) in [6.45, 7) is 2.27. The van der Waals surface area contributed by atoms with E-state index in [4.69, 9.17) is 5.73 Å². The highest BCUT2D eigenvalue weighted by atomic mass is 32.1. The highest BCUT2D eigenvalue weighted by Crippen LogP contribution is 2.07. The SMILES string of the molecule is Cc1csc(CNC(=O)c2nc(N)n[nH]2)n1. The normalized spacial score (nSPS) is 10.3. The number of nitrogen functional groups attached to an aromatic ring is 1. The van der Waals surface area contributed by atoms with Gasteiger partial charge in [-0.05, 0) is 6.92 Å². The minimum absolute atomic E-state index is 0.0512. The van der Waals surface area contributed by atoms with Crippen LogP contribution >= 0.6 is 11.3 Å². The zero-order valence-corrected chi connectivity index (χ0v) is 9.34. The third kappa shape index (κ3) is 2.34. The Hall–Kier alpha value is -1.96. The first-order chi connectivity index (χ1) is 7.65. The molecule has 0 atom stereocenters. The summed E-state index contributed by atoms with van der Waals surface area (Å²) in [4.78, 5) is 19.4. The number of thiazole rings is 1. The van der Waals surface area contributed by atoms with Crippen LogP contribution in [0.15, 0.2) is 5.38 Å². The molecule has 0 fully saturated rings. The number of rotatable bonds is 3. The predicted molar refractivity (Wildman–Crippen MR) is 58.8 cm³/mol. The van der Waals surface area contributed by atoms with Gasteiger partial charge in [-0.2, -0.15) is 4.98 Å². The Balaban J connectivity index is 1.93. The van der Waals surface area contributed by atoms with Crippen molar-refractivity contribution in [3.63, 3.8) is 0 Å². The molecular formula is C8H10N6OS. The predicted octanol–water partition coefficient (Wildman–Crippen LogP) is 0.0818. The first kappa shape index (κ1) is 10.6. The van der Waals surface area contributed by atoms with Gasteiger partial charge in [-0.15, -0.1) is 16.4 Å². The van der Waals surface area contributed by atoms with Crippen molar-refractivity contribution >= 4 is 23.2 Å². The first-order valence-electron chi connectivity index (χ1n) is 4.52. The fraction of sp³-hybridized carbons (Fsp3) is 0.250. The number of nitrogens with two attached hydrogens (primary N) is 1. The van der Waals surface area contributed by atoms with E-state index in [2.05, 4.69) is 25.5 Å². The van der Waals surface area contributed by atoms with Crippen LogP contribution in [-0.4, -0.2) is 26.1 Å². The first-order valence-corrected chi connectivity index (χ1v) is 5.40. The largest absolute Gasteiger partial charge is 0.366 e. The lowest BCUT2D eigenvalue weighted by Crippen LogP contribution is -2.24. The van der Waals surface area contributed by atoms with Gasteiger partial charge in [0.15, 0.2) is 0 Å². The topological polar surface area (TPSA) is 110 Å². The van der Waals surface area contributed by atoms with Crippen molar-refractivity contribution in [2.24, 2.45) is 0 Å². The highest BCUT2D eigenvalue weighted by molar-refractivity contribution is 7.09. The van der Waals surface area contributed by atoms with Crippen molar-refractivity contribution in [1.29, 1.82) is 0 Å².